The number of amides is 1. The molecule has 1 heterocycles. The molecule has 0 bridgehead atoms. The molecule has 1 amide bonds. The van der Waals surface area contributed by atoms with Crippen molar-refractivity contribution in [2.24, 2.45) is 0 Å². The van der Waals surface area contributed by atoms with E-state index in [0.717, 1.165) is 20.8 Å². The summed E-state index contributed by atoms with van der Waals surface area (Å²) >= 11 is 7.82. The molecule has 0 aliphatic rings. The second kappa shape index (κ2) is 8.63. The summed E-state index contributed by atoms with van der Waals surface area (Å²) < 4.78 is 11.6. The second-order valence-corrected chi connectivity index (χ2v) is 7.69. The molecule has 28 heavy (non-hydrogen) atoms. The fraction of sp³-hybridized carbons (Fsp3) is 0.238. The number of aromatic nitrogens is 1. The Hall–Kier alpha value is -2.57. The number of ether oxygens (including phenoxy) is 2. The molecule has 1 aromatic heterocycles. The summed E-state index contributed by atoms with van der Waals surface area (Å²) in [7, 11) is 4.84. The minimum absolute atomic E-state index is 0.127. The van der Waals surface area contributed by atoms with Crippen molar-refractivity contribution < 1.29 is 14.3 Å². The van der Waals surface area contributed by atoms with E-state index < -0.39 is 0 Å². The number of likely N-dealkylation sites (N-methyl/N-ethyl adjacent to an activating group) is 1. The number of rotatable bonds is 6. The summed E-state index contributed by atoms with van der Waals surface area (Å²) in [5.74, 6) is 0.852. The molecule has 0 spiro atoms. The number of para-hydroxylation sites is 1. The molecule has 146 valence electrons. The van der Waals surface area contributed by atoms with Crippen molar-refractivity contribution in [2.75, 3.05) is 21.3 Å². The number of fused-ring (bicyclic) bond motifs is 1. The molecular formula is C21H21ClN2O3S. The van der Waals surface area contributed by atoms with Crippen molar-refractivity contribution in [1.29, 1.82) is 0 Å². The Bertz CT molecular complexity index is 999. The Morgan fingerprint density at radius 2 is 2.00 bits per heavy atom. The summed E-state index contributed by atoms with van der Waals surface area (Å²) in [5.41, 5.74) is 1.70. The fourth-order valence-corrected chi connectivity index (χ4v) is 4.10. The lowest BCUT2D eigenvalue weighted by Gasteiger charge is -2.21. The number of methoxy groups -OCH3 is 2. The number of hydrogen-bond acceptors (Lipinski definition) is 5. The molecule has 2 aromatic carbocycles. The number of carbonyl (C=O) groups is 1. The lowest BCUT2D eigenvalue weighted by molar-refractivity contribution is -0.126. The lowest BCUT2D eigenvalue weighted by atomic mass is 10.1. The molecule has 1 atom stereocenters. The third kappa shape index (κ3) is 4.13. The second-order valence-electron chi connectivity index (χ2n) is 6.22. The average molecular weight is 417 g/mol. The van der Waals surface area contributed by atoms with Crippen molar-refractivity contribution in [3.05, 3.63) is 58.1 Å². The van der Waals surface area contributed by atoms with E-state index in [1.165, 1.54) is 13.2 Å². The van der Waals surface area contributed by atoms with Crippen LogP contribution in [-0.2, 0) is 4.79 Å². The van der Waals surface area contributed by atoms with Crippen LogP contribution in [0.15, 0.2) is 42.5 Å². The van der Waals surface area contributed by atoms with Gasteiger partial charge in [-0.1, -0.05) is 23.7 Å². The number of thiazole rings is 1. The Kier molecular flexibility index (Phi) is 6.21. The molecule has 7 heteroatoms. The van der Waals surface area contributed by atoms with Gasteiger partial charge in [0.15, 0.2) is 11.5 Å². The zero-order valence-corrected chi connectivity index (χ0v) is 17.7. The van der Waals surface area contributed by atoms with Gasteiger partial charge in [0.1, 0.15) is 5.01 Å². The van der Waals surface area contributed by atoms with Gasteiger partial charge in [-0.3, -0.25) is 4.79 Å². The first-order valence-electron chi connectivity index (χ1n) is 8.66. The van der Waals surface area contributed by atoms with Gasteiger partial charge in [0.25, 0.3) is 0 Å². The van der Waals surface area contributed by atoms with Crippen molar-refractivity contribution >= 4 is 45.1 Å². The van der Waals surface area contributed by atoms with Gasteiger partial charge < -0.3 is 14.4 Å². The first-order chi connectivity index (χ1) is 13.4. The highest BCUT2D eigenvalue weighted by Gasteiger charge is 2.19. The molecule has 0 aliphatic carbocycles. The van der Waals surface area contributed by atoms with E-state index >= 15 is 0 Å². The number of benzene rings is 2. The molecule has 0 aliphatic heterocycles. The molecule has 3 aromatic rings. The Morgan fingerprint density at radius 1 is 1.25 bits per heavy atom. The van der Waals surface area contributed by atoms with E-state index in [9.17, 15) is 4.79 Å². The average Bonchev–Trinajstić information content (AvgIpc) is 3.14. The summed E-state index contributed by atoms with van der Waals surface area (Å²) in [5, 5.41) is 1.32. The normalized spacial score (nSPS) is 12.3. The lowest BCUT2D eigenvalue weighted by Crippen LogP contribution is -2.27. The highest BCUT2D eigenvalue weighted by molar-refractivity contribution is 7.18. The quantitative estimate of drug-likeness (QED) is 0.518. The van der Waals surface area contributed by atoms with Gasteiger partial charge in [-0.15, -0.1) is 11.3 Å². The Morgan fingerprint density at radius 3 is 2.68 bits per heavy atom. The largest absolute Gasteiger partial charge is 0.493 e. The van der Waals surface area contributed by atoms with Crippen LogP contribution in [0.1, 0.15) is 23.5 Å². The topological polar surface area (TPSA) is 51.7 Å². The molecule has 0 saturated heterocycles. The fourth-order valence-electron chi connectivity index (χ4n) is 2.74. The van der Waals surface area contributed by atoms with E-state index in [0.29, 0.717) is 16.5 Å². The van der Waals surface area contributed by atoms with E-state index in [-0.39, 0.29) is 11.9 Å². The van der Waals surface area contributed by atoms with Crippen LogP contribution in [0, 0.1) is 0 Å². The third-order valence-electron chi connectivity index (χ3n) is 4.47. The molecule has 0 saturated carbocycles. The van der Waals surface area contributed by atoms with Crippen LogP contribution < -0.4 is 9.47 Å². The predicted molar refractivity (Wildman–Crippen MR) is 114 cm³/mol. The maximum atomic E-state index is 12.6. The Labute approximate surface area is 173 Å². The van der Waals surface area contributed by atoms with E-state index in [1.54, 1.807) is 48.6 Å². The van der Waals surface area contributed by atoms with Gasteiger partial charge in [-0.25, -0.2) is 4.98 Å². The first-order valence-corrected chi connectivity index (χ1v) is 9.86. The van der Waals surface area contributed by atoms with Gasteiger partial charge in [0, 0.05) is 13.1 Å². The van der Waals surface area contributed by atoms with Crippen LogP contribution in [0.3, 0.4) is 0 Å². The highest BCUT2D eigenvalue weighted by atomic mass is 35.5. The van der Waals surface area contributed by atoms with Crippen LogP contribution in [0.2, 0.25) is 5.02 Å². The minimum atomic E-state index is -0.136. The SMILES string of the molecule is COc1cc(/C=C/C(=O)N(C)[C@@H](C)c2nc3ccccc3s2)cc(Cl)c1OC. The van der Waals surface area contributed by atoms with Crippen molar-refractivity contribution in [1.82, 2.24) is 9.88 Å². The van der Waals surface area contributed by atoms with E-state index in [4.69, 9.17) is 21.1 Å². The summed E-state index contributed by atoms with van der Waals surface area (Å²) in [6.07, 6.45) is 3.22. The maximum absolute atomic E-state index is 12.6. The minimum Gasteiger partial charge on any atom is -0.493 e. The molecular weight excluding hydrogens is 396 g/mol. The summed E-state index contributed by atoms with van der Waals surface area (Å²) in [6.45, 7) is 1.97. The Balaban J connectivity index is 1.77. The van der Waals surface area contributed by atoms with Crippen LogP contribution in [0.25, 0.3) is 16.3 Å². The summed E-state index contributed by atoms with van der Waals surface area (Å²) in [4.78, 5) is 18.9. The smallest absolute Gasteiger partial charge is 0.246 e. The zero-order chi connectivity index (χ0) is 20.3. The third-order valence-corrected chi connectivity index (χ3v) is 5.96. The highest BCUT2D eigenvalue weighted by Crippen LogP contribution is 2.36. The number of hydrogen-bond donors (Lipinski definition) is 0. The predicted octanol–water partition coefficient (Wildman–Crippen LogP) is 5.20. The monoisotopic (exact) mass is 416 g/mol. The maximum Gasteiger partial charge on any atom is 0.246 e. The number of halogens is 1. The van der Waals surface area contributed by atoms with Gasteiger partial charge >= 0.3 is 0 Å². The van der Waals surface area contributed by atoms with Gasteiger partial charge in [0.05, 0.1) is 35.5 Å². The van der Waals surface area contributed by atoms with Crippen molar-refractivity contribution in [2.45, 2.75) is 13.0 Å². The van der Waals surface area contributed by atoms with E-state index in [1.807, 2.05) is 31.2 Å². The zero-order valence-electron chi connectivity index (χ0n) is 16.1. The molecule has 3 rings (SSSR count). The number of carbonyl (C=O) groups excluding carboxylic acids is 1. The molecule has 0 fully saturated rings. The molecule has 0 N–H and O–H groups in total. The summed E-state index contributed by atoms with van der Waals surface area (Å²) in [6, 6.07) is 11.3. The van der Waals surface area contributed by atoms with Crippen LogP contribution in [-0.4, -0.2) is 37.1 Å². The van der Waals surface area contributed by atoms with Crippen molar-refractivity contribution in [3.8, 4) is 11.5 Å². The van der Waals surface area contributed by atoms with Crippen molar-refractivity contribution in [3.63, 3.8) is 0 Å². The number of nitrogens with zero attached hydrogens (tertiary/aromatic N) is 2. The van der Waals surface area contributed by atoms with Crippen LogP contribution in [0.5, 0.6) is 11.5 Å². The molecule has 5 nitrogen and oxygen atoms in total. The first kappa shape index (κ1) is 20.2. The molecule has 0 radical (unpaired) electrons. The van der Waals surface area contributed by atoms with E-state index in [2.05, 4.69) is 4.98 Å². The standard InChI is InChI=1S/C21H21ClN2O3S/c1-13(21-23-16-7-5-6-8-18(16)28-21)24(2)19(25)10-9-14-11-15(22)20(27-4)17(12-14)26-3/h5-13H,1-4H3/b10-9+/t13-/m0/s1. The van der Waals surface area contributed by atoms with Gasteiger partial charge in [-0.2, -0.15) is 0 Å². The van der Waals surface area contributed by atoms with Gasteiger partial charge in [0.2, 0.25) is 5.91 Å². The van der Waals surface area contributed by atoms with Crippen LogP contribution >= 0.6 is 22.9 Å². The van der Waals surface area contributed by atoms with Gasteiger partial charge in [-0.05, 0) is 42.8 Å². The van der Waals surface area contributed by atoms with Crippen LogP contribution in [0.4, 0.5) is 0 Å². The molecule has 0 unspecified atom stereocenters.